The van der Waals surface area contributed by atoms with Gasteiger partial charge in [-0.1, -0.05) is 55.8 Å². The van der Waals surface area contributed by atoms with Crippen molar-refractivity contribution < 1.29 is 4.57 Å². The average Bonchev–Trinajstić information content (AvgIpc) is 2.88. The number of imidazole rings is 1. The smallest absolute Gasteiger partial charge is 0.219 e. The van der Waals surface area contributed by atoms with Crippen LogP contribution >= 0.6 is 23.2 Å². The Hall–Kier alpha value is -1.51. The number of halogens is 2. The summed E-state index contributed by atoms with van der Waals surface area (Å²) in [5, 5.41) is 3.83. The maximum Gasteiger partial charge on any atom is 0.255 e. The number of fused-ring (bicyclic) bond motifs is 1. The standard InChI is InChI=1S/C20H23Cl2N2/c1-2-3-6-12-23-15-24(20(22)19(23)21)13-11-16-9-10-17-7-4-5-8-18(17)14-16/h4-5,7-10,14-15H,2-3,6,11-13H2,1H3/q+1. The quantitative estimate of drug-likeness (QED) is 0.378. The van der Waals surface area contributed by atoms with E-state index in [-0.39, 0.29) is 0 Å². The van der Waals surface area contributed by atoms with Gasteiger partial charge in [-0.3, -0.25) is 0 Å². The van der Waals surface area contributed by atoms with Gasteiger partial charge in [-0.25, -0.2) is 9.13 Å². The van der Waals surface area contributed by atoms with Crippen molar-refractivity contribution >= 4 is 34.0 Å². The molecule has 0 aliphatic rings. The molecule has 1 aromatic heterocycles. The molecule has 0 N–H and O–H groups in total. The molecule has 1 heterocycles. The van der Waals surface area contributed by atoms with Crippen LogP contribution in [0.3, 0.4) is 0 Å². The van der Waals surface area contributed by atoms with Gasteiger partial charge in [0.05, 0.1) is 13.1 Å². The van der Waals surface area contributed by atoms with E-state index in [0.717, 1.165) is 25.9 Å². The zero-order valence-corrected chi connectivity index (χ0v) is 15.5. The summed E-state index contributed by atoms with van der Waals surface area (Å²) in [6, 6.07) is 15.1. The van der Waals surface area contributed by atoms with E-state index >= 15 is 0 Å². The van der Waals surface area contributed by atoms with E-state index in [1.807, 2.05) is 10.9 Å². The third-order valence-corrected chi connectivity index (χ3v) is 5.30. The van der Waals surface area contributed by atoms with Crippen molar-refractivity contribution in [3.63, 3.8) is 0 Å². The Morgan fingerprint density at radius 1 is 1.00 bits per heavy atom. The van der Waals surface area contributed by atoms with Crippen molar-refractivity contribution in [2.24, 2.45) is 0 Å². The maximum absolute atomic E-state index is 6.40. The summed E-state index contributed by atoms with van der Waals surface area (Å²) >= 11 is 12.8. The minimum absolute atomic E-state index is 0.633. The summed E-state index contributed by atoms with van der Waals surface area (Å²) in [7, 11) is 0. The van der Waals surface area contributed by atoms with Crippen molar-refractivity contribution in [1.82, 2.24) is 4.57 Å². The SMILES string of the molecule is CCCCC[n+]1cn(CCc2ccc3ccccc3c2)c(Cl)c1Cl. The van der Waals surface area contributed by atoms with E-state index < -0.39 is 0 Å². The van der Waals surface area contributed by atoms with E-state index in [0.29, 0.717) is 10.3 Å². The van der Waals surface area contributed by atoms with Gasteiger partial charge < -0.3 is 0 Å². The third kappa shape index (κ3) is 3.93. The van der Waals surface area contributed by atoms with Crippen LogP contribution in [0.15, 0.2) is 48.8 Å². The highest BCUT2D eigenvalue weighted by atomic mass is 35.5. The molecule has 4 heteroatoms. The van der Waals surface area contributed by atoms with E-state index in [1.54, 1.807) is 0 Å². The predicted octanol–water partition coefficient (Wildman–Crippen LogP) is 5.67. The number of aromatic nitrogens is 2. The monoisotopic (exact) mass is 361 g/mol. The molecule has 24 heavy (non-hydrogen) atoms. The number of rotatable bonds is 7. The highest BCUT2D eigenvalue weighted by molar-refractivity contribution is 6.39. The Bertz CT molecular complexity index is 824. The Balaban J connectivity index is 1.70. The molecule has 3 rings (SSSR count). The van der Waals surface area contributed by atoms with Crippen LogP contribution in [-0.4, -0.2) is 4.57 Å². The van der Waals surface area contributed by atoms with E-state index in [4.69, 9.17) is 23.2 Å². The van der Waals surface area contributed by atoms with Crippen LogP contribution in [0.1, 0.15) is 31.7 Å². The molecule has 0 bridgehead atoms. The van der Waals surface area contributed by atoms with Crippen LogP contribution in [0.25, 0.3) is 10.8 Å². The molecule has 2 aromatic carbocycles. The van der Waals surface area contributed by atoms with Gasteiger partial charge in [0.1, 0.15) is 0 Å². The number of hydrogen-bond acceptors (Lipinski definition) is 0. The number of unbranched alkanes of at least 4 members (excludes halogenated alkanes) is 2. The number of nitrogens with zero attached hydrogens (tertiary/aromatic N) is 2. The lowest BCUT2D eigenvalue weighted by Gasteiger charge is -2.03. The summed E-state index contributed by atoms with van der Waals surface area (Å²) < 4.78 is 4.10. The summed E-state index contributed by atoms with van der Waals surface area (Å²) in [4.78, 5) is 0. The molecular formula is C20H23Cl2N2+. The van der Waals surface area contributed by atoms with Gasteiger partial charge in [-0.05, 0) is 52.4 Å². The second kappa shape index (κ2) is 8.04. The van der Waals surface area contributed by atoms with Crippen LogP contribution in [0.5, 0.6) is 0 Å². The van der Waals surface area contributed by atoms with Crippen LogP contribution in [0, 0.1) is 0 Å². The largest absolute Gasteiger partial charge is 0.255 e. The first-order valence-corrected chi connectivity index (χ1v) is 9.36. The Kier molecular flexibility index (Phi) is 5.80. The van der Waals surface area contributed by atoms with E-state index in [2.05, 4.69) is 54.0 Å². The zero-order valence-electron chi connectivity index (χ0n) is 14.0. The molecule has 0 aliphatic heterocycles. The van der Waals surface area contributed by atoms with Crippen molar-refractivity contribution in [3.8, 4) is 0 Å². The average molecular weight is 362 g/mol. The van der Waals surface area contributed by atoms with E-state index in [1.165, 1.54) is 29.2 Å². The normalized spacial score (nSPS) is 11.3. The molecule has 0 radical (unpaired) electrons. The maximum atomic E-state index is 6.40. The molecular weight excluding hydrogens is 339 g/mol. The second-order valence-corrected chi connectivity index (χ2v) is 6.94. The highest BCUT2D eigenvalue weighted by Crippen LogP contribution is 2.20. The number of aryl methyl sites for hydroxylation is 3. The van der Waals surface area contributed by atoms with Crippen LogP contribution < -0.4 is 4.57 Å². The predicted molar refractivity (Wildman–Crippen MR) is 102 cm³/mol. The lowest BCUT2D eigenvalue weighted by molar-refractivity contribution is -0.694. The van der Waals surface area contributed by atoms with Gasteiger partial charge in [0.25, 0.3) is 10.3 Å². The van der Waals surface area contributed by atoms with Gasteiger partial charge in [-0.2, -0.15) is 0 Å². The van der Waals surface area contributed by atoms with E-state index in [9.17, 15) is 0 Å². The lowest BCUT2D eigenvalue weighted by atomic mass is 10.1. The second-order valence-electron chi connectivity index (χ2n) is 6.22. The molecule has 0 amide bonds. The fourth-order valence-electron chi connectivity index (χ4n) is 2.99. The van der Waals surface area contributed by atoms with Gasteiger partial charge in [0.2, 0.25) is 6.33 Å². The first kappa shape index (κ1) is 17.3. The first-order chi connectivity index (χ1) is 11.7. The summed E-state index contributed by atoms with van der Waals surface area (Å²) in [6.45, 7) is 3.96. The Morgan fingerprint density at radius 2 is 1.79 bits per heavy atom. The molecule has 0 saturated heterocycles. The fourth-order valence-corrected chi connectivity index (χ4v) is 3.47. The lowest BCUT2D eigenvalue weighted by Crippen LogP contribution is -2.32. The number of benzene rings is 2. The minimum Gasteiger partial charge on any atom is -0.219 e. The third-order valence-electron chi connectivity index (χ3n) is 4.41. The summed E-state index contributed by atoms with van der Waals surface area (Å²) in [5.41, 5.74) is 1.31. The van der Waals surface area contributed by atoms with Gasteiger partial charge >= 0.3 is 0 Å². The zero-order chi connectivity index (χ0) is 16.9. The molecule has 0 atom stereocenters. The molecule has 0 fully saturated rings. The first-order valence-electron chi connectivity index (χ1n) is 8.60. The van der Waals surface area contributed by atoms with Crippen molar-refractivity contribution in [2.45, 2.75) is 45.7 Å². The minimum atomic E-state index is 0.633. The van der Waals surface area contributed by atoms with Gasteiger partial charge in [0.15, 0.2) is 0 Å². The topological polar surface area (TPSA) is 8.81 Å². The molecule has 2 nitrogen and oxygen atoms in total. The van der Waals surface area contributed by atoms with Crippen LogP contribution in [0.2, 0.25) is 10.3 Å². The Morgan fingerprint density at radius 3 is 2.58 bits per heavy atom. The molecule has 0 saturated carbocycles. The molecule has 3 aromatic rings. The molecule has 126 valence electrons. The molecule has 0 unspecified atom stereocenters. The summed E-state index contributed by atoms with van der Waals surface area (Å²) in [6.07, 6.45) is 6.52. The molecule has 0 spiro atoms. The highest BCUT2D eigenvalue weighted by Gasteiger charge is 2.19. The summed E-state index contributed by atoms with van der Waals surface area (Å²) in [5.74, 6) is 0. The van der Waals surface area contributed by atoms with Crippen LogP contribution in [-0.2, 0) is 19.5 Å². The Labute approximate surface area is 153 Å². The van der Waals surface area contributed by atoms with Gasteiger partial charge in [-0.15, -0.1) is 0 Å². The fraction of sp³-hybridized carbons (Fsp3) is 0.350. The van der Waals surface area contributed by atoms with Crippen molar-refractivity contribution in [1.29, 1.82) is 0 Å². The van der Waals surface area contributed by atoms with Crippen molar-refractivity contribution in [2.75, 3.05) is 0 Å². The number of hydrogen-bond donors (Lipinski definition) is 0. The molecule has 0 aliphatic carbocycles. The van der Waals surface area contributed by atoms with Crippen LogP contribution in [0.4, 0.5) is 0 Å². The van der Waals surface area contributed by atoms with Crippen molar-refractivity contribution in [3.05, 3.63) is 64.7 Å². The van der Waals surface area contributed by atoms with Gasteiger partial charge in [0, 0.05) is 6.42 Å².